The number of rotatable bonds is 52. The molecule has 0 saturated heterocycles. The Morgan fingerprint density at radius 1 is 0.302 bits per heavy atom. The van der Waals surface area contributed by atoms with Crippen molar-refractivity contribution in [1.82, 2.24) is 0 Å². The van der Waals surface area contributed by atoms with Crippen molar-refractivity contribution in [3.63, 3.8) is 0 Å². The standard InChI is InChI=1S/C54H106O9/c1-3-5-7-9-11-13-15-17-19-21-23-25-27-29-31-33-35-37-39-41-51(59)62-49-54(46-58,48-61-47-53(43-55,44-56)45-57)50-63-52(60)42-40-38-36-34-32-30-28-26-24-22-20-18-16-14-12-10-8-6-4-2/h55-58H,3-50H2,1-2H3. The summed E-state index contributed by atoms with van der Waals surface area (Å²) in [5, 5.41) is 39.7. The van der Waals surface area contributed by atoms with E-state index in [1.165, 1.54) is 205 Å². The number of esters is 2. The van der Waals surface area contributed by atoms with Crippen LogP contribution in [0, 0.1) is 10.8 Å². The lowest BCUT2D eigenvalue weighted by molar-refractivity contribution is -0.163. The third kappa shape index (κ3) is 39.6. The van der Waals surface area contributed by atoms with Gasteiger partial charge in [-0.05, 0) is 12.8 Å². The summed E-state index contributed by atoms with van der Waals surface area (Å²) in [7, 11) is 0. The number of aliphatic hydroxyl groups excluding tert-OH is 4. The number of aliphatic hydroxyl groups is 4. The van der Waals surface area contributed by atoms with Gasteiger partial charge in [-0.2, -0.15) is 0 Å². The van der Waals surface area contributed by atoms with Crippen LogP contribution in [0.4, 0.5) is 0 Å². The van der Waals surface area contributed by atoms with E-state index < -0.39 is 37.3 Å². The maximum Gasteiger partial charge on any atom is 0.305 e. The molecule has 0 radical (unpaired) electrons. The topological polar surface area (TPSA) is 143 Å². The highest BCUT2D eigenvalue weighted by atomic mass is 16.6. The monoisotopic (exact) mass is 899 g/mol. The smallest absolute Gasteiger partial charge is 0.305 e. The van der Waals surface area contributed by atoms with Crippen LogP contribution in [0.25, 0.3) is 0 Å². The molecule has 0 heterocycles. The molecule has 0 aromatic carbocycles. The SMILES string of the molecule is CCCCCCCCCCCCCCCCCCCCCC(=O)OCC(CO)(COCC(CO)(CO)CO)COC(=O)CCCCCCCCCCCCCCCCCCCCC. The van der Waals surface area contributed by atoms with E-state index in [-0.39, 0.29) is 51.2 Å². The van der Waals surface area contributed by atoms with Crippen LogP contribution < -0.4 is 0 Å². The molecule has 9 nitrogen and oxygen atoms in total. The zero-order valence-corrected chi connectivity index (χ0v) is 41.8. The second-order valence-electron chi connectivity index (χ2n) is 19.7. The lowest BCUT2D eigenvalue weighted by Gasteiger charge is -2.33. The molecule has 0 spiro atoms. The summed E-state index contributed by atoms with van der Waals surface area (Å²) in [6.07, 6.45) is 49.5. The van der Waals surface area contributed by atoms with Crippen molar-refractivity contribution in [2.75, 3.05) is 52.9 Å². The maximum absolute atomic E-state index is 12.7. The Morgan fingerprint density at radius 2 is 0.508 bits per heavy atom. The molecule has 0 aromatic rings. The lowest BCUT2D eigenvalue weighted by atomic mass is 9.90. The maximum atomic E-state index is 12.7. The third-order valence-corrected chi connectivity index (χ3v) is 13.2. The van der Waals surface area contributed by atoms with Gasteiger partial charge in [-0.25, -0.2) is 0 Å². The highest BCUT2D eigenvalue weighted by Gasteiger charge is 2.36. The zero-order chi connectivity index (χ0) is 46.2. The molecule has 63 heavy (non-hydrogen) atoms. The summed E-state index contributed by atoms with van der Waals surface area (Å²) in [5.41, 5.74) is -2.47. The molecule has 0 unspecified atom stereocenters. The fourth-order valence-electron chi connectivity index (χ4n) is 8.34. The van der Waals surface area contributed by atoms with Gasteiger partial charge in [0.25, 0.3) is 0 Å². The van der Waals surface area contributed by atoms with Crippen molar-refractivity contribution in [2.45, 2.75) is 271 Å². The van der Waals surface area contributed by atoms with Crippen molar-refractivity contribution in [2.24, 2.45) is 10.8 Å². The quantitative estimate of drug-likeness (QED) is 0.0347. The zero-order valence-electron chi connectivity index (χ0n) is 41.8. The van der Waals surface area contributed by atoms with Gasteiger partial charge in [0.1, 0.15) is 13.2 Å². The minimum Gasteiger partial charge on any atom is -0.465 e. The Labute approximate surface area is 389 Å². The Balaban J connectivity index is 4.26. The van der Waals surface area contributed by atoms with Crippen LogP contribution in [0.5, 0.6) is 0 Å². The molecule has 0 aliphatic heterocycles. The van der Waals surface area contributed by atoms with Gasteiger partial charge in [-0.1, -0.05) is 245 Å². The van der Waals surface area contributed by atoms with Gasteiger partial charge >= 0.3 is 11.9 Å². The fourth-order valence-corrected chi connectivity index (χ4v) is 8.34. The van der Waals surface area contributed by atoms with Gasteiger partial charge in [0.15, 0.2) is 0 Å². The number of hydrogen-bond acceptors (Lipinski definition) is 9. The Kier molecular flexibility index (Phi) is 46.3. The minimum atomic E-state index is -1.26. The second-order valence-corrected chi connectivity index (χ2v) is 19.7. The first-order chi connectivity index (χ1) is 30.9. The summed E-state index contributed by atoms with van der Waals surface area (Å²) in [6, 6.07) is 0. The average Bonchev–Trinajstić information content (AvgIpc) is 3.30. The van der Waals surface area contributed by atoms with Crippen molar-refractivity contribution in [3.05, 3.63) is 0 Å². The molecule has 4 N–H and O–H groups in total. The summed E-state index contributed by atoms with van der Waals surface area (Å²) < 4.78 is 17.0. The Bertz CT molecular complexity index is 889. The first kappa shape index (κ1) is 61.7. The van der Waals surface area contributed by atoms with Gasteiger partial charge in [0, 0.05) is 12.8 Å². The van der Waals surface area contributed by atoms with E-state index in [0.717, 1.165) is 38.5 Å². The third-order valence-electron chi connectivity index (χ3n) is 13.2. The first-order valence-corrected chi connectivity index (χ1v) is 27.2. The molecular formula is C54H106O9. The lowest BCUT2D eigenvalue weighted by Crippen LogP contribution is -2.45. The fraction of sp³-hybridized carbons (Fsp3) is 0.963. The predicted octanol–water partition coefficient (Wildman–Crippen LogP) is 13.7. The largest absolute Gasteiger partial charge is 0.465 e. The van der Waals surface area contributed by atoms with Crippen LogP contribution in [0.15, 0.2) is 0 Å². The van der Waals surface area contributed by atoms with Crippen LogP contribution >= 0.6 is 0 Å². The molecule has 9 heteroatoms. The van der Waals surface area contributed by atoms with E-state index in [9.17, 15) is 30.0 Å². The molecule has 0 bridgehead atoms. The second kappa shape index (κ2) is 47.2. The van der Waals surface area contributed by atoms with Crippen LogP contribution in [-0.4, -0.2) is 85.2 Å². The van der Waals surface area contributed by atoms with Crippen molar-refractivity contribution in [1.29, 1.82) is 0 Å². The molecule has 0 saturated carbocycles. The summed E-state index contributed by atoms with van der Waals surface area (Å²) >= 11 is 0. The van der Waals surface area contributed by atoms with E-state index in [2.05, 4.69) is 13.8 Å². The normalized spacial score (nSPS) is 12.0. The Hall–Kier alpha value is -1.26. The summed E-state index contributed by atoms with van der Waals surface area (Å²) in [6.45, 7) is 1.89. The van der Waals surface area contributed by atoms with E-state index in [4.69, 9.17) is 14.2 Å². The first-order valence-electron chi connectivity index (χ1n) is 27.2. The molecule has 0 fully saturated rings. The minimum absolute atomic E-state index is 0.148. The molecule has 0 aliphatic carbocycles. The van der Waals surface area contributed by atoms with Gasteiger partial charge < -0.3 is 34.6 Å². The number of hydrogen-bond donors (Lipinski definition) is 4. The van der Waals surface area contributed by atoms with Crippen LogP contribution in [0.1, 0.15) is 271 Å². The van der Waals surface area contributed by atoms with Crippen LogP contribution in [0.3, 0.4) is 0 Å². The van der Waals surface area contributed by atoms with Crippen molar-refractivity contribution < 1.29 is 44.2 Å². The molecule has 0 amide bonds. The number of carbonyl (C=O) groups excluding carboxylic acids is 2. The van der Waals surface area contributed by atoms with Gasteiger partial charge in [0.05, 0.1) is 50.5 Å². The van der Waals surface area contributed by atoms with E-state index >= 15 is 0 Å². The summed E-state index contributed by atoms with van der Waals surface area (Å²) in [5.74, 6) is -0.730. The molecular weight excluding hydrogens is 793 g/mol. The van der Waals surface area contributed by atoms with Crippen molar-refractivity contribution in [3.8, 4) is 0 Å². The van der Waals surface area contributed by atoms with Gasteiger partial charge in [0.2, 0.25) is 0 Å². The predicted molar refractivity (Wildman–Crippen MR) is 262 cm³/mol. The molecule has 0 atom stereocenters. The molecule has 376 valence electrons. The van der Waals surface area contributed by atoms with Crippen molar-refractivity contribution >= 4 is 11.9 Å². The van der Waals surface area contributed by atoms with E-state index in [1.807, 2.05) is 0 Å². The van der Waals surface area contributed by atoms with E-state index in [0.29, 0.717) is 0 Å². The highest BCUT2D eigenvalue weighted by molar-refractivity contribution is 5.69. The average molecular weight is 899 g/mol. The van der Waals surface area contributed by atoms with Crippen LogP contribution in [-0.2, 0) is 23.8 Å². The van der Waals surface area contributed by atoms with E-state index in [1.54, 1.807) is 0 Å². The van der Waals surface area contributed by atoms with Crippen LogP contribution in [0.2, 0.25) is 0 Å². The Morgan fingerprint density at radius 3 is 0.730 bits per heavy atom. The molecule has 0 aliphatic rings. The highest BCUT2D eigenvalue weighted by Crippen LogP contribution is 2.24. The molecule has 0 rings (SSSR count). The van der Waals surface area contributed by atoms with Gasteiger partial charge in [-0.3, -0.25) is 9.59 Å². The van der Waals surface area contributed by atoms with Gasteiger partial charge in [-0.15, -0.1) is 0 Å². The summed E-state index contributed by atoms with van der Waals surface area (Å²) in [4.78, 5) is 25.5. The number of ether oxygens (including phenoxy) is 3. The molecule has 0 aromatic heterocycles. The number of unbranched alkanes of at least 4 members (excludes halogenated alkanes) is 36. The number of carbonyl (C=O) groups is 2.